The Bertz CT molecular complexity index is 886. The number of para-hydroxylation sites is 1. The smallest absolute Gasteiger partial charge is 0.264 e. The van der Waals surface area contributed by atoms with Crippen LogP contribution in [0, 0.1) is 0 Å². The molecular weight excluding hydrogens is 341 g/mol. The van der Waals surface area contributed by atoms with Crippen LogP contribution >= 0.6 is 34.5 Å². The van der Waals surface area contributed by atoms with Crippen LogP contribution < -0.4 is 4.72 Å². The quantitative estimate of drug-likeness (QED) is 0.757. The molecule has 0 atom stereocenters. The molecule has 0 spiro atoms. The van der Waals surface area contributed by atoms with Gasteiger partial charge in [-0.2, -0.15) is 5.10 Å². The van der Waals surface area contributed by atoms with Gasteiger partial charge in [-0.05, 0) is 12.1 Å². The van der Waals surface area contributed by atoms with Gasteiger partial charge < -0.3 is 0 Å². The zero-order valence-electron chi connectivity index (χ0n) is 9.72. The number of aromatic nitrogens is 2. The number of H-pyrrole nitrogens is 1. The largest absolute Gasteiger partial charge is 0.277 e. The van der Waals surface area contributed by atoms with Gasteiger partial charge in [0.2, 0.25) is 0 Å². The van der Waals surface area contributed by atoms with Gasteiger partial charge >= 0.3 is 0 Å². The maximum absolute atomic E-state index is 12.3. The van der Waals surface area contributed by atoms with E-state index in [9.17, 15) is 8.42 Å². The SMILES string of the molecule is O=S(=O)(Nc1cccc2cn[nH]c12)c1cc(Cl)sc1Cl. The maximum Gasteiger partial charge on any atom is 0.264 e. The van der Waals surface area contributed by atoms with Crippen LogP contribution in [-0.4, -0.2) is 18.6 Å². The zero-order chi connectivity index (χ0) is 14.3. The molecule has 0 amide bonds. The summed E-state index contributed by atoms with van der Waals surface area (Å²) >= 11 is 12.7. The first kappa shape index (κ1) is 13.7. The minimum Gasteiger partial charge on any atom is -0.277 e. The van der Waals surface area contributed by atoms with Gasteiger partial charge in [0.25, 0.3) is 10.0 Å². The standard InChI is InChI=1S/C11H7Cl2N3O2S2/c12-9-4-8(11(13)19-9)20(17,18)16-7-3-1-2-6-5-14-15-10(6)7/h1-5,16H,(H,14,15). The number of fused-ring (bicyclic) bond motifs is 1. The van der Waals surface area contributed by atoms with E-state index in [0.717, 1.165) is 16.7 Å². The average molecular weight is 348 g/mol. The maximum atomic E-state index is 12.3. The van der Waals surface area contributed by atoms with Crippen molar-refractivity contribution in [3.8, 4) is 0 Å². The van der Waals surface area contributed by atoms with Crippen LogP contribution in [0.4, 0.5) is 5.69 Å². The van der Waals surface area contributed by atoms with Crippen LogP contribution in [0.3, 0.4) is 0 Å². The van der Waals surface area contributed by atoms with Crippen molar-refractivity contribution in [3.05, 3.63) is 39.1 Å². The summed E-state index contributed by atoms with van der Waals surface area (Å²) in [5.74, 6) is 0. The lowest BCUT2D eigenvalue weighted by Gasteiger charge is -2.07. The number of rotatable bonds is 3. The molecule has 0 bridgehead atoms. The van der Waals surface area contributed by atoms with E-state index in [0.29, 0.717) is 15.5 Å². The van der Waals surface area contributed by atoms with Crippen LogP contribution in [0.2, 0.25) is 8.67 Å². The summed E-state index contributed by atoms with van der Waals surface area (Å²) in [7, 11) is -3.80. The van der Waals surface area contributed by atoms with Gasteiger partial charge in [-0.25, -0.2) is 8.42 Å². The number of thiophene rings is 1. The number of aromatic amines is 1. The predicted molar refractivity (Wildman–Crippen MR) is 81.2 cm³/mol. The number of hydrogen-bond acceptors (Lipinski definition) is 4. The summed E-state index contributed by atoms with van der Waals surface area (Å²) in [6.45, 7) is 0. The van der Waals surface area contributed by atoms with E-state index >= 15 is 0 Å². The highest BCUT2D eigenvalue weighted by Gasteiger charge is 2.22. The van der Waals surface area contributed by atoms with E-state index < -0.39 is 10.0 Å². The minimum atomic E-state index is -3.80. The Hall–Kier alpha value is -1.28. The molecule has 0 aliphatic heterocycles. The van der Waals surface area contributed by atoms with Crippen LogP contribution in [0.25, 0.3) is 10.9 Å². The third kappa shape index (κ3) is 2.37. The number of benzene rings is 1. The number of nitrogens with zero attached hydrogens (tertiary/aromatic N) is 1. The molecule has 9 heteroatoms. The van der Waals surface area contributed by atoms with E-state index in [-0.39, 0.29) is 9.23 Å². The molecule has 104 valence electrons. The van der Waals surface area contributed by atoms with Crippen molar-refractivity contribution in [2.75, 3.05) is 4.72 Å². The van der Waals surface area contributed by atoms with Crippen molar-refractivity contribution in [2.45, 2.75) is 4.90 Å². The molecule has 0 saturated heterocycles. The van der Waals surface area contributed by atoms with E-state index in [2.05, 4.69) is 14.9 Å². The molecule has 2 N–H and O–H groups in total. The monoisotopic (exact) mass is 347 g/mol. The second-order valence-electron chi connectivity index (χ2n) is 3.93. The van der Waals surface area contributed by atoms with Crippen molar-refractivity contribution < 1.29 is 8.42 Å². The average Bonchev–Trinajstić information content (AvgIpc) is 2.96. The van der Waals surface area contributed by atoms with Gasteiger partial charge in [0.1, 0.15) is 9.23 Å². The third-order valence-electron chi connectivity index (χ3n) is 2.64. The van der Waals surface area contributed by atoms with Gasteiger partial charge in [0.15, 0.2) is 0 Å². The number of halogens is 2. The zero-order valence-corrected chi connectivity index (χ0v) is 12.9. The molecule has 3 aromatic rings. The van der Waals surface area contributed by atoms with E-state index in [1.807, 2.05) is 6.07 Å². The fourth-order valence-corrected chi connectivity index (χ4v) is 4.98. The van der Waals surface area contributed by atoms with E-state index in [1.54, 1.807) is 18.3 Å². The molecule has 20 heavy (non-hydrogen) atoms. The molecule has 2 heterocycles. The molecule has 0 aliphatic rings. The number of hydrogen-bond donors (Lipinski definition) is 2. The fraction of sp³-hybridized carbons (Fsp3) is 0. The topological polar surface area (TPSA) is 74.8 Å². The molecule has 0 aliphatic carbocycles. The summed E-state index contributed by atoms with van der Waals surface area (Å²) in [6, 6.07) is 6.52. The highest BCUT2D eigenvalue weighted by atomic mass is 35.5. The second-order valence-corrected chi connectivity index (χ2v) is 7.87. The van der Waals surface area contributed by atoms with Gasteiger partial charge in [-0.15, -0.1) is 11.3 Å². The molecule has 0 radical (unpaired) electrons. The van der Waals surface area contributed by atoms with Gasteiger partial charge in [-0.1, -0.05) is 35.3 Å². The van der Waals surface area contributed by atoms with Crippen LogP contribution in [0.5, 0.6) is 0 Å². The summed E-state index contributed by atoms with van der Waals surface area (Å²) in [4.78, 5) is -0.0364. The first-order valence-electron chi connectivity index (χ1n) is 5.37. The second kappa shape index (κ2) is 4.92. The van der Waals surface area contributed by atoms with Crippen molar-refractivity contribution in [1.29, 1.82) is 0 Å². The summed E-state index contributed by atoms with van der Waals surface area (Å²) in [6.07, 6.45) is 1.61. The molecule has 0 saturated carbocycles. The summed E-state index contributed by atoms with van der Waals surface area (Å²) in [5, 5.41) is 7.44. The van der Waals surface area contributed by atoms with Crippen molar-refractivity contribution >= 4 is 61.2 Å². The normalized spacial score (nSPS) is 11.9. The molecule has 1 aromatic carbocycles. The molecular formula is C11H7Cl2N3O2S2. The Labute approximate surface area is 128 Å². The van der Waals surface area contributed by atoms with Crippen LogP contribution in [-0.2, 0) is 10.0 Å². The Morgan fingerprint density at radius 3 is 2.80 bits per heavy atom. The van der Waals surface area contributed by atoms with Crippen molar-refractivity contribution in [3.63, 3.8) is 0 Å². The first-order chi connectivity index (χ1) is 9.47. The van der Waals surface area contributed by atoms with Crippen LogP contribution in [0.15, 0.2) is 35.4 Å². The van der Waals surface area contributed by atoms with Crippen LogP contribution in [0.1, 0.15) is 0 Å². The Morgan fingerprint density at radius 1 is 1.30 bits per heavy atom. The lowest BCUT2D eigenvalue weighted by molar-refractivity contribution is 0.601. The summed E-state index contributed by atoms with van der Waals surface area (Å²) in [5.41, 5.74) is 1.01. The summed E-state index contributed by atoms with van der Waals surface area (Å²) < 4.78 is 27.6. The molecule has 3 rings (SSSR count). The highest BCUT2D eigenvalue weighted by Crippen LogP contribution is 2.35. The number of anilines is 1. The number of nitrogens with one attached hydrogen (secondary N) is 2. The Morgan fingerprint density at radius 2 is 2.10 bits per heavy atom. The first-order valence-corrected chi connectivity index (χ1v) is 8.43. The fourth-order valence-electron chi connectivity index (χ4n) is 1.76. The Balaban J connectivity index is 2.06. The van der Waals surface area contributed by atoms with Crippen molar-refractivity contribution in [1.82, 2.24) is 10.2 Å². The van der Waals surface area contributed by atoms with E-state index in [1.165, 1.54) is 6.07 Å². The van der Waals surface area contributed by atoms with Crippen molar-refractivity contribution in [2.24, 2.45) is 0 Å². The van der Waals surface area contributed by atoms with Gasteiger partial charge in [0, 0.05) is 5.39 Å². The highest BCUT2D eigenvalue weighted by molar-refractivity contribution is 7.93. The molecule has 0 fully saturated rings. The lowest BCUT2D eigenvalue weighted by Crippen LogP contribution is -2.12. The predicted octanol–water partition coefficient (Wildman–Crippen LogP) is 3.73. The molecule has 5 nitrogen and oxygen atoms in total. The third-order valence-corrected chi connectivity index (χ3v) is 5.75. The Kier molecular flexibility index (Phi) is 3.37. The lowest BCUT2D eigenvalue weighted by atomic mass is 10.2. The molecule has 2 aromatic heterocycles. The van der Waals surface area contributed by atoms with E-state index in [4.69, 9.17) is 23.2 Å². The molecule has 0 unspecified atom stereocenters. The minimum absolute atomic E-state index is 0.0364. The van der Waals surface area contributed by atoms with Gasteiger partial charge in [0.05, 0.1) is 21.7 Å². The van der Waals surface area contributed by atoms with Gasteiger partial charge in [-0.3, -0.25) is 9.82 Å². The number of sulfonamides is 1.